The molecule has 3 rings (SSSR count). The Hall–Kier alpha value is -2.08. The molecule has 1 N–H and O–H groups in total. The van der Waals surface area contributed by atoms with Gasteiger partial charge in [-0.3, -0.25) is 0 Å². The standard InChI is InChI=1S/C17H18N2O3S/c1-10-14(16(20)22-2)15(19-17(21)18-10)23-13-9-5-7-11-6-3-4-8-12(11)13/h3-4,6,8,13H,5,7,9H2,1-2H3,(H,18,19,21). The molecule has 1 heterocycles. The van der Waals surface area contributed by atoms with E-state index in [2.05, 4.69) is 22.1 Å². The Bertz CT molecular complexity index is 801. The van der Waals surface area contributed by atoms with Gasteiger partial charge in [0.1, 0.15) is 10.6 Å². The van der Waals surface area contributed by atoms with E-state index in [4.69, 9.17) is 4.74 Å². The van der Waals surface area contributed by atoms with Crippen molar-refractivity contribution in [1.82, 2.24) is 9.97 Å². The number of benzene rings is 1. The Morgan fingerprint density at radius 1 is 1.39 bits per heavy atom. The van der Waals surface area contributed by atoms with Crippen LogP contribution in [0.25, 0.3) is 0 Å². The number of aryl methyl sites for hydroxylation is 2. The summed E-state index contributed by atoms with van der Waals surface area (Å²) in [6.45, 7) is 1.69. The summed E-state index contributed by atoms with van der Waals surface area (Å²) in [6.07, 6.45) is 3.15. The van der Waals surface area contributed by atoms with Gasteiger partial charge in [0.25, 0.3) is 0 Å². The van der Waals surface area contributed by atoms with E-state index < -0.39 is 11.7 Å². The molecule has 0 spiro atoms. The minimum Gasteiger partial charge on any atom is -0.465 e. The number of aromatic amines is 1. The highest BCUT2D eigenvalue weighted by Gasteiger charge is 2.25. The van der Waals surface area contributed by atoms with Crippen LogP contribution in [0.3, 0.4) is 0 Å². The Kier molecular flexibility index (Phi) is 4.52. The number of thioether (sulfide) groups is 1. The topological polar surface area (TPSA) is 72.0 Å². The Morgan fingerprint density at radius 2 is 2.17 bits per heavy atom. The van der Waals surface area contributed by atoms with E-state index in [0.717, 1.165) is 19.3 Å². The van der Waals surface area contributed by atoms with Crippen LogP contribution < -0.4 is 5.69 Å². The minimum absolute atomic E-state index is 0.192. The number of carbonyl (C=O) groups excluding carboxylic acids is 1. The van der Waals surface area contributed by atoms with Crippen molar-refractivity contribution < 1.29 is 9.53 Å². The molecule has 0 fully saturated rings. The molecule has 0 bridgehead atoms. The third-order valence-corrected chi connectivity index (χ3v) is 5.34. The van der Waals surface area contributed by atoms with Crippen LogP contribution in [-0.2, 0) is 11.2 Å². The van der Waals surface area contributed by atoms with Gasteiger partial charge in [-0.1, -0.05) is 36.0 Å². The molecule has 0 radical (unpaired) electrons. The summed E-state index contributed by atoms with van der Waals surface area (Å²) in [5.74, 6) is -0.474. The summed E-state index contributed by atoms with van der Waals surface area (Å²) in [7, 11) is 1.33. The molecule has 1 aliphatic rings. The van der Waals surface area contributed by atoms with Crippen LogP contribution >= 0.6 is 11.8 Å². The van der Waals surface area contributed by atoms with Gasteiger partial charge in [0, 0.05) is 10.9 Å². The Labute approximate surface area is 138 Å². The van der Waals surface area contributed by atoms with E-state index >= 15 is 0 Å². The Morgan fingerprint density at radius 3 is 2.96 bits per heavy atom. The average molecular weight is 330 g/mol. The fourth-order valence-electron chi connectivity index (χ4n) is 2.95. The first-order chi connectivity index (χ1) is 11.1. The second-order valence-corrected chi connectivity index (χ2v) is 6.73. The minimum atomic E-state index is -0.474. The van der Waals surface area contributed by atoms with E-state index in [0.29, 0.717) is 16.3 Å². The van der Waals surface area contributed by atoms with Crippen LogP contribution in [-0.4, -0.2) is 23.0 Å². The summed E-state index contributed by atoms with van der Waals surface area (Å²) in [4.78, 5) is 30.4. The van der Waals surface area contributed by atoms with E-state index in [1.165, 1.54) is 30.0 Å². The molecule has 1 atom stereocenters. The predicted octanol–water partition coefficient (Wildman–Crippen LogP) is 3.03. The zero-order valence-electron chi connectivity index (χ0n) is 13.1. The molecular formula is C17H18N2O3S. The average Bonchev–Trinajstić information content (AvgIpc) is 2.54. The highest BCUT2D eigenvalue weighted by atomic mass is 32.2. The van der Waals surface area contributed by atoms with Crippen molar-refractivity contribution in [2.75, 3.05) is 7.11 Å². The van der Waals surface area contributed by atoms with Crippen molar-refractivity contribution in [3.05, 3.63) is 57.1 Å². The van der Waals surface area contributed by atoms with Gasteiger partial charge >= 0.3 is 11.7 Å². The maximum absolute atomic E-state index is 12.1. The fraction of sp³-hybridized carbons (Fsp3) is 0.353. The highest BCUT2D eigenvalue weighted by molar-refractivity contribution is 7.99. The van der Waals surface area contributed by atoms with E-state index in [1.807, 2.05) is 12.1 Å². The second kappa shape index (κ2) is 6.58. The van der Waals surface area contributed by atoms with Gasteiger partial charge in [-0.25, -0.2) is 9.59 Å². The molecule has 0 saturated carbocycles. The number of nitrogens with one attached hydrogen (secondary N) is 1. The van der Waals surface area contributed by atoms with Gasteiger partial charge in [-0.05, 0) is 37.3 Å². The molecule has 1 aromatic heterocycles. The summed E-state index contributed by atoms with van der Waals surface area (Å²) in [5.41, 5.74) is 2.99. The smallest absolute Gasteiger partial charge is 0.346 e. The summed E-state index contributed by atoms with van der Waals surface area (Å²) >= 11 is 1.47. The summed E-state index contributed by atoms with van der Waals surface area (Å²) in [6, 6.07) is 8.32. The number of methoxy groups -OCH3 is 1. The lowest BCUT2D eigenvalue weighted by Gasteiger charge is -2.25. The molecule has 1 aromatic carbocycles. The number of carbonyl (C=O) groups is 1. The molecule has 0 aliphatic heterocycles. The van der Waals surface area contributed by atoms with Gasteiger partial charge in [0.05, 0.1) is 7.11 Å². The molecule has 0 amide bonds. The zero-order chi connectivity index (χ0) is 16.4. The van der Waals surface area contributed by atoms with Crippen LogP contribution in [0.4, 0.5) is 0 Å². The number of hydrogen-bond donors (Lipinski definition) is 1. The molecule has 23 heavy (non-hydrogen) atoms. The van der Waals surface area contributed by atoms with Crippen LogP contribution in [0.15, 0.2) is 34.1 Å². The van der Waals surface area contributed by atoms with Crippen molar-refractivity contribution in [3.63, 3.8) is 0 Å². The maximum Gasteiger partial charge on any atom is 0.346 e. The number of hydrogen-bond acceptors (Lipinski definition) is 5. The van der Waals surface area contributed by atoms with E-state index in [-0.39, 0.29) is 5.25 Å². The predicted molar refractivity (Wildman–Crippen MR) is 88.9 cm³/mol. The van der Waals surface area contributed by atoms with E-state index in [1.54, 1.807) is 6.92 Å². The van der Waals surface area contributed by atoms with Gasteiger partial charge < -0.3 is 9.72 Å². The number of H-pyrrole nitrogens is 1. The van der Waals surface area contributed by atoms with Crippen molar-refractivity contribution >= 4 is 17.7 Å². The number of rotatable bonds is 3. The number of nitrogens with zero attached hydrogens (tertiary/aromatic N) is 1. The normalized spacial score (nSPS) is 16.7. The molecular weight excluding hydrogens is 312 g/mol. The number of aromatic nitrogens is 2. The molecule has 5 nitrogen and oxygen atoms in total. The van der Waals surface area contributed by atoms with Crippen LogP contribution in [0, 0.1) is 6.92 Å². The first-order valence-electron chi connectivity index (χ1n) is 7.54. The maximum atomic E-state index is 12.1. The fourth-order valence-corrected chi connectivity index (χ4v) is 4.35. The highest BCUT2D eigenvalue weighted by Crippen LogP contribution is 2.43. The molecule has 6 heteroatoms. The third kappa shape index (κ3) is 3.17. The first-order valence-corrected chi connectivity index (χ1v) is 8.42. The summed E-state index contributed by atoms with van der Waals surface area (Å²) in [5, 5.41) is 0.636. The number of ether oxygens (including phenoxy) is 1. The van der Waals surface area contributed by atoms with Crippen LogP contribution in [0.2, 0.25) is 0 Å². The second-order valence-electron chi connectivity index (χ2n) is 5.54. The zero-order valence-corrected chi connectivity index (χ0v) is 13.9. The van der Waals surface area contributed by atoms with Gasteiger partial charge in [-0.2, -0.15) is 4.98 Å². The lowest BCUT2D eigenvalue weighted by Crippen LogP contribution is -2.19. The van der Waals surface area contributed by atoms with Crippen molar-refractivity contribution in [2.45, 2.75) is 36.5 Å². The number of esters is 1. The first kappa shape index (κ1) is 15.8. The molecule has 1 aliphatic carbocycles. The molecule has 0 saturated heterocycles. The molecule has 1 unspecified atom stereocenters. The lowest BCUT2D eigenvalue weighted by molar-refractivity contribution is 0.0594. The van der Waals surface area contributed by atoms with Crippen molar-refractivity contribution in [1.29, 1.82) is 0 Å². The van der Waals surface area contributed by atoms with Gasteiger partial charge in [-0.15, -0.1) is 0 Å². The molecule has 2 aromatic rings. The largest absolute Gasteiger partial charge is 0.465 e. The van der Waals surface area contributed by atoms with E-state index in [9.17, 15) is 9.59 Å². The third-order valence-electron chi connectivity index (χ3n) is 4.04. The van der Waals surface area contributed by atoms with Gasteiger partial charge in [0.2, 0.25) is 0 Å². The molecule has 120 valence electrons. The lowest BCUT2D eigenvalue weighted by atomic mass is 9.91. The van der Waals surface area contributed by atoms with Gasteiger partial charge in [0.15, 0.2) is 0 Å². The van der Waals surface area contributed by atoms with Crippen LogP contribution in [0.1, 0.15) is 45.3 Å². The number of fused-ring (bicyclic) bond motifs is 1. The van der Waals surface area contributed by atoms with Crippen LogP contribution in [0.5, 0.6) is 0 Å². The summed E-state index contributed by atoms with van der Waals surface area (Å²) < 4.78 is 4.84. The monoisotopic (exact) mass is 330 g/mol. The van der Waals surface area contributed by atoms with Crippen molar-refractivity contribution in [2.24, 2.45) is 0 Å². The SMILES string of the molecule is COC(=O)c1c(SC2CCCc3ccccc32)nc(=O)[nH]c1C. The van der Waals surface area contributed by atoms with Crippen molar-refractivity contribution in [3.8, 4) is 0 Å². The Balaban J connectivity index is 2.01. The quantitative estimate of drug-likeness (QED) is 0.692.